The summed E-state index contributed by atoms with van der Waals surface area (Å²) in [5, 5.41) is 3.41. The summed E-state index contributed by atoms with van der Waals surface area (Å²) < 4.78 is 5.32. The largest absolute Gasteiger partial charge is 0.468 e. The van der Waals surface area contributed by atoms with E-state index in [0.29, 0.717) is 12.0 Å². The lowest BCUT2D eigenvalue weighted by Gasteiger charge is -2.32. The molecule has 3 N–H and O–H groups in total. The van der Waals surface area contributed by atoms with Crippen LogP contribution >= 0.6 is 36.6 Å². The molecular formula is C17H26Cl2N4OS. The quantitative estimate of drug-likeness (QED) is 0.643. The number of halogens is 2. The summed E-state index contributed by atoms with van der Waals surface area (Å²) in [4.78, 5) is 9.03. The average molecular weight is 405 g/mol. The minimum absolute atomic E-state index is 0. The number of hydrogen-bond donors (Lipinski definition) is 2. The zero-order valence-electron chi connectivity index (χ0n) is 14.3. The predicted octanol–water partition coefficient (Wildman–Crippen LogP) is 4.16. The number of nitrogens with two attached hydrogens (primary N) is 1. The molecule has 25 heavy (non-hydrogen) atoms. The number of furan rings is 1. The molecular weight excluding hydrogens is 379 g/mol. The monoisotopic (exact) mass is 404 g/mol. The van der Waals surface area contributed by atoms with Crippen LogP contribution in [0, 0.1) is 6.92 Å². The molecule has 0 aromatic carbocycles. The van der Waals surface area contributed by atoms with Gasteiger partial charge in [0.15, 0.2) is 0 Å². The number of hydrogen-bond acceptors (Lipinski definition) is 6. The van der Waals surface area contributed by atoms with Gasteiger partial charge in [-0.2, -0.15) is 11.8 Å². The molecule has 0 bridgehead atoms. The Morgan fingerprint density at radius 3 is 2.80 bits per heavy atom. The second-order valence-corrected chi connectivity index (χ2v) is 7.17. The van der Waals surface area contributed by atoms with Crippen LogP contribution in [0.25, 0.3) is 0 Å². The molecule has 1 fully saturated rings. The highest BCUT2D eigenvalue weighted by atomic mass is 35.5. The second kappa shape index (κ2) is 10.9. The summed E-state index contributed by atoms with van der Waals surface area (Å²) >= 11 is 1.89. The molecule has 2 heterocycles. The average Bonchev–Trinajstić information content (AvgIpc) is 3.00. The highest BCUT2D eigenvalue weighted by Gasteiger charge is 2.28. The van der Waals surface area contributed by atoms with Gasteiger partial charge in [-0.3, -0.25) is 0 Å². The minimum atomic E-state index is 0. The molecule has 0 aliphatic heterocycles. The third kappa shape index (κ3) is 6.70. The van der Waals surface area contributed by atoms with Crippen LogP contribution in [0.2, 0.25) is 0 Å². The second-order valence-electron chi connectivity index (χ2n) is 6.07. The van der Waals surface area contributed by atoms with Crippen molar-refractivity contribution in [1.29, 1.82) is 0 Å². The van der Waals surface area contributed by atoms with Gasteiger partial charge in [0.25, 0.3) is 0 Å². The topological polar surface area (TPSA) is 77.0 Å². The Labute approximate surface area is 165 Å². The fraction of sp³-hybridized carbons (Fsp3) is 0.529. The van der Waals surface area contributed by atoms with Crippen LogP contribution in [0.1, 0.15) is 42.5 Å². The van der Waals surface area contributed by atoms with Crippen molar-refractivity contribution in [3.05, 3.63) is 41.7 Å². The van der Waals surface area contributed by atoms with Gasteiger partial charge >= 0.3 is 0 Å². The predicted molar refractivity (Wildman–Crippen MR) is 109 cm³/mol. The maximum absolute atomic E-state index is 5.88. The number of nitrogens with one attached hydrogen (secondary N) is 1. The number of rotatable bonds is 8. The van der Waals surface area contributed by atoms with Crippen molar-refractivity contribution in [2.75, 3.05) is 17.6 Å². The van der Waals surface area contributed by atoms with Gasteiger partial charge in [-0.1, -0.05) is 0 Å². The summed E-state index contributed by atoms with van der Waals surface area (Å²) in [6, 6.07) is 6.38. The fourth-order valence-electron chi connectivity index (χ4n) is 2.75. The van der Waals surface area contributed by atoms with Crippen molar-refractivity contribution >= 4 is 42.4 Å². The SMILES string of the molecule is Cc1nc(NCCCSCc2ccco2)cc(C2CC(N)C2)n1.Cl.Cl. The van der Waals surface area contributed by atoms with Crippen LogP contribution in [-0.2, 0) is 5.75 Å². The van der Waals surface area contributed by atoms with E-state index >= 15 is 0 Å². The van der Waals surface area contributed by atoms with Gasteiger partial charge in [0.2, 0.25) is 0 Å². The van der Waals surface area contributed by atoms with Crippen LogP contribution in [0.5, 0.6) is 0 Å². The lowest BCUT2D eigenvalue weighted by atomic mass is 9.78. The van der Waals surface area contributed by atoms with Gasteiger partial charge < -0.3 is 15.5 Å². The first-order valence-corrected chi connectivity index (χ1v) is 9.31. The molecule has 2 aromatic rings. The van der Waals surface area contributed by atoms with Crippen LogP contribution in [0.15, 0.2) is 28.9 Å². The van der Waals surface area contributed by atoms with E-state index in [1.54, 1.807) is 6.26 Å². The Morgan fingerprint density at radius 2 is 2.12 bits per heavy atom. The highest BCUT2D eigenvalue weighted by Crippen LogP contribution is 2.35. The van der Waals surface area contributed by atoms with E-state index in [1.165, 1.54) is 0 Å². The van der Waals surface area contributed by atoms with Crippen LogP contribution in [0.3, 0.4) is 0 Å². The Balaban J connectivity index is 0.00000156. The van der Waals surface area contributed by atoms with E-state index in [-0.39, 0.29) is 24.8 Å². The number of thioether (sulfide) groups is 1. The van der Waals surface area contributed by atoms with Crippen molar-refractivity contribution in [1.82, 2.24) is 9.97 Å². The minimum Gasteiger partial charge on any atom is -0.468 e. The number of nitrogens with zero attached hydrogens (tertiary/aromatic N) is 2. The maximum atomic E-state index is 5.88. The molecule has 3 rings (SSSR count). The summed E-state index contributed by atoms with van der Waals surface area (Å²) in [5.41, 5.74) is 7.01. The van der Waals surface area contributed by atoms with E-state index < -0.39 is 0 Å². The molecule has 1 aliphatic carbocycles. The molecule has 2 aromatic heterocycles. The van der Waals surface area contributed by atoms with Gasteiger partial charge in [-0.05, 0) is 44.1 Å². The number of anilines is 1. The summed E-state index contributed by atoms with van der Waals surface area (Å²) in [5.74, 6) is 5.35. The summed E-state index contributed by atoms with van der Waals surface area (Å²) in [6.07, 6.45) is 4.90. The van der Waals surface area contributed by atoms with E-state index in [0.717, 1.165) is 60.4 Å². The molecule has 5 nitrogen and oxygen atoms in total. The van der Waals surface area contributed by atoms with E-state index in [9.17, 15) is 0 Å². The van der Waals surface area contributed by atoms with Crippen molar-refractivity contribution < 1.29 is 4.42 Å². The van der Waals surface area contributed by atoms with Gasteiger partial charge in [0.05, 0.1) is 12.0 Å². The zero-order chi connectivity index (χ0) is 16.1. The van der Waals surface area contributed by atoms with Crippen LogP contribution in [-0.4, -0.2) is 28.3 Å². The summed E-state index contributed by atoms with van der Waals surface area (Å²) in [7, 11) is 0. The molecule has 8 heteroatoms. The van der Waals surface area contributed by atoms with Crippen molar-refractivity contribution in [2.24, 2.45) is 5.73 Å². The lowest BCUT2D eigenvalue weighted by molar-refractivity contribution is 0.344. The molecule has 1 aliphatic rings. The summed E-state index contributed by atoms with van der Waals surface area (Å²) in [6.45, 7) is 2.87. The normalized spacial score (nSPS) is 18.6. The zero-order valence-corrected chi connectivity index (χ0v) is 16.8. The Hall–Kier alpha value is -0.950. The highest BCUT2D eigenvalue weighted by molar-refractivity contribution is 7.98. The molecule has 140 valence electrons. The van der Waals surface area contributed by atoms with E-state index in [4.69, 9.17) is 10.2 Å². The molecule has 0 amide bonds. The Morgan fingerprint density at radius 1 is 1.32 bits per heavy atom. The third-order valence-corrected chi connectivity index (χ3v) is 5.11. The molecule has 0 spiro atoms. The number of aromatic nitrogens is 2. The van der Waals surface area contributed by atoms with Crippen LogP contribution in [0.4, 0.5) is 5.82 Å². The first-order chi connectivity index (χ1) is 11.2. The Kier molecular flexibility index (Phi) is 9.64. The van der Waals surface area contributed by atoms with Crippen molar-refractivity contribution in [3.8, 4) is 0 Å². The fourth-order valence-corrected chi connectivity index (χ4v) is 3.61. The van der Waals surface area contributed by atoms with Gasteiger partial charge in [0.1, 0.15) is 17.4 Å². The van der Waals surface area contributed by atoms with Crippen LogP contribution < -0.4 is 11.1 Å². The molecule has 0 radical (unpaired) electrons. The molecule has 1 saturated carbocycles. The van der Waals surface area contributed by atoms with Gasteiger partial charge in [-0.15, -0.1) is 24.8 Å². The maximum Gasteiger partial charge on any atom is 0.129 e. The first kappa shape index (κ1) is 22.1. The molecule has 0 atom stereocenters. The third-order valence-electron chi connectivity index (χ3n) is 4.05. The van der Waals surface area contributed by atoms with Crippen molar-refractivity contribution in [3.63, 3.8) is 0 Å². The van der Waals surface area contributed by atoms with Crippen molar-refractivity contribution in [2.45, 2.75) is 43.9 Å². The van der Waals surface area contributed by atoms with Gasteiger partial charge in [-0.25, -0.2) is 9.97 Å². The smallest absolute Gasteiger partial charge is 0.129 e. The lowest BCUT2D eigenvalue weighted by Crippen LogP contribution is -2.35. The van der Waals surface area contributed by atoms with E-state index in [1.807, 2.05) is 30.8 Å². The standard InChI is InChI=1S/C17H24N4OS.2ClH/c1-12-20-16(13-8-14(18)9-13)10-17(21-12)19-5-3-7-23-11-15-4-2-6-22-15;;/h2,4,6,10,13-14H,3,5,7-9,11,18H2,1H3,(H,19,20,21);2*1H. The molecule has 0 unspecified atom stereocenters. The van der Waals surface area contributed by atoms with Gasteiger partial charge in [0, 0.05) is 30.3 Å². The van der Waals surface area contributed by atoms with E-state index in [2.05, 4.69) is 21.4 Å². The molecule has 0 saturated heterocycles. The number of aryl methyl sites for hydroxylation is 1. The Bertz CT molecular complexity index is 621. The first-order valence-electron chi connectivity index (χ1n) is 8.16.